The topological polar surface area (TPSA) is 49.8 Å². The lowest BCUT2D eigenvalue weighted by Gasteiger charge is -2.23. The van der Waals surface area contributed by atoms with E-state index in [1.807, 2.05) is 40.1 Å². The van der Waals surface area contributed by atoms with Crippen LogP contribution in [0.1, 0.15) is 29.0 Å². The first-order valence-corrected chi connectivity index (χ1v) is 10.8. The molecule has 0 unspecified atom stereocenters. The Balaban J connectivity index is 1.95. The van der Waals surface area contributed by atoms with Crippen LogP contribution in [0.25, 0.3) is 0 Å². The zero-order valence-electron chi connectivity index (χ0n) is 19.6. The molecule has 168 valence electrons. The molecule has 0 aliphatic heterocycles. The molecule has 0 amide bonds. The fourth-order valence-electron chi connectivity index (χ4n) is 3.82. The monoisotopic (exact) mass is 430 g/mol. The molecule has 0 saturated carbocycles. The van der Waals surface area contributed by atoms with Crippen molar-refractivity contribution in [1.29, 1.82) is 0 Å². The third-order valence-corrected chi connectivity index (χ3v) is 5.80. The number of anilines is 3. The number of rotatable bonds is 9. The number of carboxylic acid groups (broad SMARTS) is 1. The van der Waals surface area contributed by atoms with Crippen molar-refractivity contribution in [1.82, 2.24) is 0 Å². The molecule has 5 heteroatoms. The van der Waals surface area contributed by atoms with Crippen molar-refractivity contribution in [3.8, 4) is 0 Å². The van der Waals surface area contributed by atoms with E-state index in [9.17, 15) is 9.90 Å². The zero-order chi connectivity index (χ0) is 23.3. The summed E-state index contributed by atoms with van der Waals surface area (Å²) in [4.78, 5) is 16.9. The van der Waals surface area contributed by atoms with Gasteiger partial charge in [0, 0.05) is 77.2 Å². The molecule has 0 spiro atoms. The van der Waals surface area contributed by atoms with E-state index in [1.165, 1.54) is 28.1 Å². The molecule has 0 atom stereocenters. The van der Waals surface area contributed by atoms with Crippen molar-refractivity contribution in [3.05, 3.63) is 89.5 Å². The summed E-state index contributed by atoms with van der Waals surface area (Å²) in [5.41, 5.74) is 6.97. The first-order chi connectivity index (χ1) is 15.3. The van der Waals surface area contributed by atoms with Crippen molar-refractivity contribution in [3.63, 3.8) is 0 Å². The third-order valence-electron chi connectivity index (χ3n) is 5.80. The van der Waals surface area contributed by atoms with E-state index in [4.69, 9.17) is 0 Å². The maximum atomic E-state index is 10.8. The standard InChI is InChI=1S/C27H33N3O2/c1-28(2)23-12-6-20(7-13-23)27(21-8-14-24(15-9-21)29(3)4)22-10-16-25(17-11-22)30(5)19-18-26(31)32/h6-17,27H,18-19H2,1-5H3,(H,31,32)/p-1. The summed E-state index contributed by atoms with van der Waals surface area (Å²) in [6, 6.07) is 25.8. The summed E-state index contributed by atoms with van der Waals surface area (Å²) < 4.78 is 0. The number of hydrogen-bond acceptors (Lipinski definition) is 5. The van der Waals surface area contributed by atoms with Crippen LogP contribution in [-0.2, 0) is 4.79 Å². The number of benzene rings is 3. The largest absolute Gasteiger partial charge is 0.550 e. The summed E-state index contributed by atoms with van der Waals surface area (Å²) in [7, 11) is 10.1. The predicted molar refractivity (Wildman–Crippen MR) is 132 cm³/mol. The minimum atomic E-state index is -1.03. The van der Waals surface area contributed by atoms with Gasteiger partial charge in [-0.15, -0.1) is 0 Å². The molecule has 3 aromatic carbocycles. The fraction of sp³-hybridized carbons (Fsp3) is 0.296. The van der Waals surface area contributed by atoms with Gasteiger partial charge in [0.15, 0.2) is 0 Å². The van der Waals surface area contributed by atoms with Crippen molar-refractivity contribution >= 4 is 23.0 Å². The predicted octanol–water partition coefficient (Wildman–Crippen LogP) is 3.58. The highest BCUT2D eigenvalue weighted by molar-refractivity contribution is 5.65. The number of aliphatic carboxylic acids is 1. The van der Waals surface area contributed by atoms with Crippen molar-refractivity contribution in [2.45, 2.75) is 12.3 Å². The van der Waals surface area contributed by atoms with Gasteiger partial charge in [-0.3, -0.25) is 0 Å². The van der Waals surface area contributed by atoms with E-state index in [0.717, 1.165) is 5.69 Å². The van der Waals surface area contributed by atoms with Crippen LogP contribution in [0.3, 0.4) is 0 Å². The van der Waals surface area contributed by atoms with Gasteiger partial charge in [-0.05, 0) is 53.1 Å². The number of hydrogen-bond donors (Lipinski definition) is 0. The normalized spacial score (nSPS) is 10.8. The van der Waals surface area contributed by atoms with Crippen LogP contribution in [0, 0.1) is 0 Å². The Morgan fingerprint density at radius 2 is 1.00 bits per heavy atom. The molecular formula is C27H32N3O2-. The molecule has 0 saturated heterocycles. The molecule has 5 nitrogen and oxygen atoms in total. The molecule has 3 rings (SSSR count). The minimum Gasteiger partial charge on any atom is -0.550 e. The number of carbonyl (C=O) groups is 1. The van der Waals surface area contributed by atoms with Crippen molar-refractivity contribution < 1.29 is 9.90 Å². The first kappa shape index (κ1) is 23.2. The molecule has 0 aromatic heterocycles. The van der Waals surface area contributed by atoms with E-state index in [1.54, 1.807) is 0 Å². The van der Waals surface area contributed by atoms with E-state index >= 15 is 0 Å². The van der Waals surface area contributed by atoms with Crippen LogP contribution in [0.5, 0.6) is 0 Å². The molecule has 0 fully saturated rings. The van der Waals surface area contributed by atoms with Gasteiger partial charge in [0.05, 0.1) is 0 Å². The molecular weight excluding hydrogens is 398 g/mol. The van der Waals surface area contributed by atoms with Crippen molar-refractivity contribution in [2.75, 3.05) is 56.5 Å². The molecule has 3 aromatic rings. The molecule has 0 heterocycles. The average molecular weight is 431 g/mol. The number of carbonyl (C=O) groups excluding carboxylic acids is 1. The molecule has 0 radical (unpaired) electrons. The van der Waals surface area contributed by atoms with Gasteiger partial charge in [-0.2, -0.15) is 0 Å². The Morgan fingerprint density at radius 1 is 0.656 bits per heavy atom. The summed E-state index contributed by atoms with van der Waals surface area (Å²) in [6.07, 6.45) is 0.0112. The highest BCUT2D eigenvalue weighted by Crippen LogP contribution is 2.34. The molecule has 0 bridgehead atoms. The lowest BCUT2D eigenvalue weighted by Crippen LogP contribution is -2.28. The Morgan fingerprint density at radius 3 is 1.31 bits per heavy atom. The van der Waals surface area contributed by atoms with Crippen LogP contribution in [0.15, 0.2) is 72.8 Å². The molecule has 0 N–H and O–H groups in total. The fourth-order valence-corrected chi connectivity index (χ4v) is 3.82. The third kappa shape index (κ3) is 5.61. The Labute approximate surface area is 191 Å². The lowest BCUT2D eigenvalue weighted by molar-refractivity contribution is -0.305. The number of carboxylic acids is 1. The highest BCUT2D eigenvalue weighted by atomic mass is 16.4. The SMILES string of the molecule is CN(C)c1ccc(C(c2ccc(N(C)C)cc2)c2ccc(N(C)CCC(=O)[O-])cc2)cc1. The van der Waals surface area contributed by atoms with Gasteiger partial charge in [0.1, 0.15) is 0 Å². The molecule has 32 heavy (non-hydrogen) atoms. The summed E-state index contributed by atoms with van der Waals surface area (Å²) in [5, 5.41) is 10.8. The minimum absolute atomic E-state index is 0.0112. The Hall–Kier alpha value is -3.47. The van der Waals surface area contributed by atoms with Crippen LogP contribution >= 0.6 is 0 Å². The van der Waals surface area contributed by atoms with Crippen LogP contribution < -0.4 is 19.8 Å². The van der Waals surface area contributed by atoms with Crippen LogP contribution in [0.4, 0.5) is 17.1 Å². The first-order valence-electron chi connectivity index (χ1n) is 10.8. The zero-order valence-corrected chi connectivity index (χ0v) is 19.6. The van der Waals surface area contributed by atoms with Gasteiger partial charge in [0.2, 0.25) is 0 Å². The van der Waals surface area contributed by atoms with Gasteiger partial charge in [0.25, 0.3) is 0 Å². The number of nitrogens with zero attached hydrogens (tertiary/aromatic N) is 3. The lowest BCUT2D eigenvalue weighted by atomic mass is 9.85. The van der Waals surface area contributed by atoms with Crippen molar-refractivity contribution in [2.24, 2.45) is 0 Å². The second kappa shape index (κ2) is 10.2. The highest BCUT2D eigenvalue weighted by Gasteiger charge is 2.18. The van der Waals surface area contributed by atoms with Crippen LogP contribution in [-0.4, -0.2) is 47.8 Å². The Bertz CT molecular complexity index is 959. The Kier molecular flexibility index (Phi) is 7.41. The average Bonchev–Trinajstić information content (AvgIpc) is 2.79. The quantitative estimate of drug-likeness (QED) is 0.486. The summed E-state index contributed by atoms with van der Waals surface area (Å²) in [6.45, 7) is 0.420. The van der Waals surface area contributed by atoms with Gasteiger partial charge < -0.3 is 24.6 Å². The summed E-state index contributed by atoms with van der Waals surface area (Å²) in [5.74, 6) is -0.930. The summed E-state index contributed by atoms with van der Waals surface area (Å²) >= 11 is 0. The van der Waals surface area contributed by atoms with Gasteiger partial charge in [-0.25, -0.2) is 0 Å². The van der Waals surface area contributed by atoms with Crippen LogP contribution in [0.2, 0.25) is 0 Å². The second-order valence-corrected chi connectivity index (χ2v) is 8.54. The van der Waals surface area contributed by atoms with Gasteiger partial charge >= 0.3 is 0 Å². The van der Waals surface area contributed by atoms with Gasteiger partial charge in [-0.1, -0.05) is 36.4 Å². The smallest absolute Gasteiger partial charge is 0.0431 e. The van der Waals surface area contributed by atoms with E-state index in [0.29, 0.717) is 6.54 Å². The van der Waals surface area contributed by atoms with E-state index in [2.05, 4.69) is 82.6 Å². The molecule has 0 aliphatic carbocycles. The second-order valence-electron chi connectivity index (χ2n) is 8.54. The van der Waals surface area contributed by atoms with E-state index in [-0.39, 0.29) is 12.3 Å². The maximum absolute atomic E-state index is 10.8. The maximum Gasteiger partial charge on any atom is 0.0431 e. The molecule has 0 aliphatic rings. The van der Waals surface area contributed by atoms with E-state index < -0.39 is 5.97 Å².